The molecule has 0 saturated heterocycles. The van der Waals surface area contributed by atoms with Gasteiger partial charge in [0.25, 0.3) is 0 Å². The molecule has 0 N–H and O–H groups in total. The molecule has 0 saturated carbocycles. The monoisotopic (exact) mass is 218 g/mol. The Morgan fingerprint density at radius 2 is 1.93 bits per heavy atom. The van der Waals surface area contributed by atoms with Crippen LogP contribution in [0.2, 0.25) is 0 Å². The van der Waals surface area contributed by atoms with Crippen molar-refractivity contribution in [3.8, 4) is 0 Å². The van der Waals surface area contributed by atoms with Crippen LogP contribution >= 0.6 is 11.6 Å². The molecule has 0 aromatic carbocycles. The van der Waals surface area contributed by atoms with E-state index in [1.165, 1.54) is 32.1 Å². The van der Waals surface area contributed by atoms with E-state index in [1.807, 2.05) is 13.3 Å². The number of alkyl halides is 1. The second kappa shape index (κ2) is 9.32. The predicted molar refractivity (Wildman–Crippen MR) is 65.2 cm³/mol. The van der Waals surface area contributed by atoms with Crippen LogP contribution in [0.15, 0.2) is 4.99 Å². The van der Waals surface area contributed by atoms with Crippen LogP contribution in [-0.4, -0.2) is 30.3 Å². The zero-order valence-electron chi connectivity index (χ0n) is 9.67. The number of rotatable bonds is 8. The molecule has 0 radical (unpaired) electrons. The number of nitrogens with zero attached hydrogens (tertiary/aromatic N) is 2. The fourth-order valence-corrected chi connectivity index (χ4v) is 1.52. The van der Waals surface area contributed by atoms with Crippen LogP contribution in [0, 0.1) is 0 Å². The van der Waals surface area contributed by atoms with Crippen LogP contribution in [0.1, 0.15) is 46.0 Å². The minimum Gasteiger partial charge on any atom is -0.347 e. The van der Waals surface area contributed by atoms with Gasteiger partial charge in [0.2, 0.25) is 0 Å². The maximum atomic E-state index is 6.00. The zero-order valence-corrected chi connectivity index (χ0v) is 10.4. The van der Waals surface area contributed by atoms with Gasteiger partial charge in [-0.15, -0.1) is 0 Å². The topological polar surface area (TPSA) is 15.6 Å². The molecule has 14 heavy (non-hydrogen) atoms. The third kappa shape index (κ3) is 7.19. The molecule has 1 unspecified atom stereocenters. The van der Waals surface area contributed by atoms with Crippen LogP contribution in [0.4, 0.5) is 0 Å². The van der Waals surface area contributed by atoms with Crippen LogP contribution in [0.25, 0.3) is 0 Å². The van der Waals surface area contributed by atoms with Crippen molar-refractivity contribution >= 4 is 17.9 Å². The van der Waals surface area contributed by atoms with Crippen molar-refractivity contribution in [1.29, 1.82) is 0 Å². The second-order valence-electron chi connectivity index (χ2n) is 3.60. The van der Waals surface area contributed by atoms with E-state index in [1.54, 1.807) is 7.05 Å². The van der Waals surface area contributed by atoms with Crippen molar-refractivity contribution in [1.82, 2.24) is 4.90 Å². The van der Waals surface area contributed by atoms with Gasteiger partial charge < -0.3 is 4.90 Å². The molecule has 0 heterocycles. The highest BCUT2D eigenvalue weighted by Crippen LogP contribution is 2.07. The lowest BCUT2D eigenvalue weighted by molar-refractivity contribution is 0.399. The van der Waals surface area contributed by atoms with Crippen molar-refractivity contribution in [2.24, 2.45) is 4.99 Å². The van der Waals surface area contributed by atoms with Gasteiger partial charge in [0, 0.05) is 13.6 Å². The Morgan fingerprint density at radius 1 is 1.29 bits per heavy atom. The van der Waals surface area contributed by atoms with Crippen molar-refractivity contribution < 1.29 is 0 Å². The fraction of sp³-hybridized carbons (Fsp3) is 0.909. The second-order valence-corrected chi connectivity index (χ2v) is 4.23. The normalized spacial score (nSPS) is 13.4. The van der Waals surface area contributed by atoms with E-state index in [2.05, 4.69) is 16.8 Å². The summed E-state index contributed by atoms with van der Waals surface area (Å²) < 4.78 is 0. The Balaban J connectivity index is 3.51. The number of halogens is 1. The Bertz CT molecular complexity index is 146. The number of unbranched alkanes of at least 4 members (excludes halogenated alkanes) is 4. The average molecular weight is 219 g/mol. The van der Waals surface area contributed by atoms with Gasteiger partial charge in [0.1, 0.15) is 5.50 Å². The lowest BCUT2D eigenvalue weighted by Gasteiger charge is -2.21. The van der Waals surface area contributed by atoms with Crippen LogP contribution in [0.3, 0.4) is 0 Å². The summed E-state index contributed by atoms with van der Waals surface area (Å²) in [6.07, 6.45) is 8.32. The first-order valence-corrected chi connectivity index (χ1v) is 5.98. The number of hydrogen-bond acceptors (Lipinski definition) is 1. The molecule has 0 fully saturated rings. The molecular weight excluding hydrogens is 196 g/mol. The standard InChI is InChI=1S/C11H23ClN2/c1-4-5-6-7-8-9-14(10-13-3)11(2)12/h10-11H,4-9H2,1-3H3/b13-10-. The first kappa shape index (κ1) is 13.8. The molecular formula is C11H23ClN2. The SMILES string of the molecule is CCCCCCCN(/C=N\C)C(C)Cl. The lowest BCUT2D eigenvalue weighted by atomic mass is 10.1. The van der Waals surface area contributed by atoms with E-state index in [4.69, 9.17) is 11.6 Å². The van der Waals surface area contributed by atoms with Gasteiger partial charge in [-0.1, -0.05) is 44.2 Å². The number of hydrogen-bond donors (Lipinski definition) is 0. The molecule has 3 heteroatoms. The van der Waals surface area contributed by atoms with Crippen molar-refractivity contribution in [3.05, 3.63) is 0 Å². The van der Waals surface area contributed by atoms with E-state index >= 15 is 0 Å². The molecule has 0 aliphatic heterocycles. The summed E-state index contributed by atoms with van der Waals surface area (Å²) in [7, 11) is 1.78. The van der Waals surface area contributed by atoms with Gasteiger partial charge in [0.05, 0.1) is 6.34 Å². The predicted octanol–water partition coefficient (Wildman–Crippen LogP) is 3.50. The molecule has 0 bridgehead atoms. The Labute approximate surface area is 93.3 Å². The summed E-state index contributed by atoms with van der Waals surface area (Å²) in [5, 5.41) is 0. The van der Waals surface area contributed by atoms with E-state index in [-0.39, 0.29) is 5.50 Å². The largest absolute Gasteiger partial charge is 0.347 e. The molecule has 0 amide bonds. The molecule has 0 aromatic heterocycles. The summed E-state index contributed by atoms with van der Waals surface area (Å²) in [6.45, 7) is 5.23. The molecule has 0 aliphatic rings. The van der Waals surface area contributed by atoms with E-state index in [0.29, 0.717) is 0 Å². The Hall–Kier alpha value is -0.240. The smallest absolute Gasteiger partial charge is 0.102 e. The molecule has 0 aliphatic carbocycles. The van der Waals surface area contributed by atoms with Crippen molar-refractivity contribution in [3.63, 3.8) is 0 Å². The van der Waals surface area contributed by atoms with Gasteiger partial charge >= 0.3 is 0 Å². The van der Waals surface area contributed by atoms with Gasteiger partial charge in [-0.05, 0) is 13.3 Å². The van der Waals surface area contributed by atoms with Gasteiger partial charge in [-0.3, -0.25) is 4.99 Å². The maximum Gasteiger partial charge on any atom is 0.102 e. The highest BCUT2D eigenvalue weighted by atomic mass is 35.5. The van der Waals surface area contributed by atoms with Crippen molar-refractivity contribution in [2.75, 3.05) is 13.6 Å². The summed E-state index contributed by atoms with van der Waals surface area (Å²) in [4.78, 5) is 6.07. The summed E-state index contributed by atoms with van der Waals surface area (Å²) in [6, 6.07) is 0. The van der Waals surface area contributed by atoms with Gasteiger partial charge in [-0.25, -0.2) is 0 Å². The molecule has 0 rings (SSSR count). The number of aliphatic imine (C=N–C) groups is 1. The Morgan fingerprint density at radius 3 is 2.43 bits per heavy atom. The molecule has 84 valence electrons. The Kier molecular flexibility index (Phi) is 9.16. The van der Waals surface area contributed by atoms with Crippen LogP contribution < -0.4 is 0 Å². The molecule has 0 aromatic rings. The van der Waals surface area contributed by atoms with Gasteiger partial charge in [0.15, 0.2) is 0 Å². The maximum absolute atomic E-state index is 6.00. The summed E-state index contributed by atoms with van der Waals surface area (Å²) in [5.74, 6) is 0. The van der Waals surface area contributed by atoms with Crippen LogP contribution in [-0.2, 0) is 0 Å². The van der Waals surface area contributed by atoms with E-state index in [9.17, 15) is 0 Å². The third-order valence-corrected chi connectivity index (χ3v) is 2.49. The van der Waals surface area contributed by atoms with E-state index in [0.717, 1.165) is 6.54 Å². The first-order chi connectivity index (χ1) is 6.72. The highest BCUT2D eigenvalue weighted by Gasteiger charge is 2.05. The third-order valence-electron chi connectivity index (χ3n) is 2.24. The molecule has 2 nitrogen and oxygen atoms in total. The average Bonchev–Trinajstić information content (AvgIpc) is 2.15. The zero-order chi connectivity index (χ0) is 10.8. The molecule has 1 atom stereocenters. The minimum atomic E-state index is 0.0462. The minimum absolute atomic E-state index is 0.0462. The highest BCUT2D eigenvalue weighted by molar-refractivity contribution is 6.20. The summed E-state index contributed by atoms with van der Waals surface area (Å²) >= 11 is 6.00. The quantitative estimate of drug-likeness (QED) is 0.200. The van der Waals surface area contributed by atoms with E-state index < -0.39 is 0 Å². The van der Waals surface area contributed by atoms with Crippen molar-refractivity contribution in [2.45, 2.75) is 51.5 Å². The van der Waals surface area contributed by atoms with Crippen LogP contribution in [0.5, 0.6) is 0 Å². The lowest BCUT2D eigenvalue weighted by Crippen LogP contribution is -2.28. The molecule has 0 spiro atoms. The fourth-order valence-electron chi connectivity index (χ4n) is 1.37. The van der Waals surface area contributed by atoms with Gasteiger partial charge in [-0.2, -0.15) is 0 Å². The first-order valence-electron chi connectivity index (χ1n) is 5.54. The summed E-state index contributed by atoms with van der Waals surface area (Å²) in [5.41, 5.74) is 0.0462.